The molecule has 2 fully saturated rings. The van der Waals surface area contributed by atoms with Gasteiger partial charge in [-0.3, -0.25) is 4.79 Å². The fraction of sp³-hybridized carbons (Fsp3) is 0.833. The number of rotatable bonds is 5. The topological polar surface area (TPSA) is 72.3 Å². The van der Waals surface area contributed by atoms with Crippen molar-refractivity contribution in [3.05, 3.63) is 12.2 Å². The van der Waals surface area contributed by atoms with Crippen molar-refractivity contribution in [1.29, 1.82) is 0 Å². The van der Waals surface area contributed by atoms with Gasteiger partial charge >= 0.3 is 0 Å². The van der Waals surface area contributed by atoms with Crippen LogP contribution in [0, 0.1) is 5.92 Å². The Balaban J connectivity index is 1.50. The lowest BCUT2D eigenvalue weighted by Gasteiger charge is -2.39. The van der Waals surface area contributed by atoms with Gasteiger partial charge in [-0.2, -0.15) is 0 Å². The number of nitrogens with zero attached hydrogens (tertiary/aromatic N) is 4. The van der Waals surface area contributed by atoms with Gasteiger partial charge in [0.15, 0.2) is 5.82 Å². The SMILES string of the molecule is CC(C)n1cnnc1[C@H](C)NC(=O)C1CCN(C2CCOCC2)CC1. The minimum atomic E-state index is -0.120. The van der Waals surface area contributed by atoms with Crippen LogP contribution in [0.2, 0.25) is 0 Å². The van der Waals surface area contributed by atoms with Gasteiger partial charge in [0.25, 0.3) is 0 Å². The van der Waals surface area contributed by atoms with E-state index in [1.807, 2.05) is 11.5 Å². The van der Waals surface area contributed by atoms with Crippen molar-refractivity contribution in [2.75, 3.05) is 26.3 Å². The van der Waals surface area contributed by atoms with Crippen LogP contribution in [0.1, 0.15) is 64.4 Å². The molecule has 0 radical (unpaired) electrons. The third-order valence-corrected chi connectivity index (χ3v) is 5.51. The summed E-state index contributed by atoms with van der Waals surface area (Å²) >= 11 is 0. The van der Waals surface area contributed by atoms with E-state index in [0.29, 0.717) is 6.04 Å². The van der Waals surface area contributed by atoms with Crippen LogP contribution in [0.15, 0.2) is 6.33 Å². The van der Waals surface area contributed by atoms with E-state index in [1.54, 1.807) is 6.33 Å². The van der Waals surface area contributed by atoms with Crippen LogP contribution in [0.5, 0.6) is 0 Å². The van der Waals surface area contributed by atoms with Crippen molar-refractivity contribution in [3.8, 4) is 0 Å². The summed E-state index contributed by atoms with van der Waals surface area (Å²) in [6.45, 7) is 9.94. The van der Waals surface area contributed by atoms with Gasteiger partial charge < -0.3 is 19.5 Å². The van der Waals surface area contributed by atoms with E-state index in [0.717, 1.165) is 57.8 Å². The highest BCUT2D eigenvalue weighted by atomic mass is 16.5. The average Bonchev–Trinajstić information content (AvgIpc) is 3.13. The van der Waals surface area contributed by atoms with E-state index in [2.05, 4.69) is 34.3 Å². The molecule has 7 heteroatoms. The summed E-state index contributed by atoms with van der Waals surface area (Å²) in [6.07, 6.45) is 5.85. The van der Waals surface area contributed by atoms with Crippen molar-refractivity contribution in [3.63, 3.8) is 0 Å². The van der Waals surface area contributed by atoms with Crippen LogP contribution < -0.4 is 5.32 Å². The first kappa shape index (κ1) is 18.3. The van der Waals surface area contributed by atoms with Crippen molar-refractivity contribution >= 4 is 5.91 Å². The molecule has 2 saturated heterocycles. The van der Waals surface area contributed by atoms with Crippen molar-refractivity contribution in [1.82, 2.24) is 25.0 Å². The largest absolute Gasteiger partial charge is 0.381 e. The monoisotopic (exact) mass is 349 g/mol. The molecule has 0 aliphatic carbocycles. The molecule has 25 heavy (non-hydrogen) atoms. The summed E-state index contributed by atoms with van der Waals surface area (Å²) in [5, 5.41) is 11.3. The highest BCUT2D eigenvalue weighted by Gasteiger charge is 2.30. The van der Waals surface area contributed by atoms with Crippen LogP contribution in [-0.4, -0.2) is 57.9 Å². The van der Waals surface area contributed by atoms with Crippen LogP contribution in [-0.2, 0) is 9.53 Å². The van der Waals surface area contributed by atoms with E-state index >= 15 is 0 Å². The second kappa shape index (κ2) is 8.27. The molecular formula is C18H31N5O2. The fourth-order valence-corrected chi connectivity index (χ4v) is 3.93. The number of aromatic nitrogens is 3. The molecule has 1 aromatic rings. The smallest absolute Gasteiger partial charge is 0.223 e. The van der Waals surface area contributed by atoms with Crippen molar-refractivity contribution in [2.24, 2.45) is 5.92 Å². The first-order chi connectivity index (χ1) is 12.1. The summed E-state index contributed by atoms with van der Waals surface area (Å²) < 4.78 is 7.46. The molecule has 1 N–H and O–H groups in total. The van der Waals surface area contributed by atoms with Crippen LogP contribution in [0.25, 0.3) is 0 Å². The standard InChI is InChI=1S/C18H31N5O2/c1-13(2)23-12-19-21-17(23)14(3)20-18(24)15-4-8-22(9-5-15)16-6-10-25-11-7-16/h12-16H,4-11H2,1-3H3,(H,20,24)/t14-/m0/s1. The van der Waals surface area contributed by atoms with Gasteiger partial charge in [-0.15, -0.1) is 10.2 Å². The van der Waals surface area contributed by atoms with E-state index in [1.165, 1.54) is 0 Å². The Morgan fingerprint density at radius 1 is 1.20 bits per heavy atom. The van der Waals surface area contributed by atoms with Gasteiger partial charge in [0.2, 0.25) is 5.91 Å². The van der Waals surface area contributed by atoms with E-state index in [9.17, 15) is 4.79 Å². The molecule has 1 amide bonds. The van der Waals surface area contributed by atoms with Gasteiger partial charge in [0, 0.05) is 31.2 Å². The maximum absolute atomic E-state index is 12.7. The van der Waals surface area contributed by atoms with Gasteiger partial charge in [-0.25, -0.2) is 0 Å². The van der Waals surface area contributed by atoms with E-state index < -0.39 is 0 Å². The number of amides is 1. The Bertz CT molecular complexity index is 560. The van der Waals surface area contributed by atoms with E-state index in [4.69, 9.17) is 4.74 Å². The molecule has 0 saturated carbocycles. The summed E-state index contributed by atoms with van der Waals surface area (Å²) in [5.74, 6) is 1.08. The van der Waals surface area contributed by atoms with Gasteiger partial charge in [-0.05, 0) is 59.5 Å². The quantitative estimate of drug-likeness (QED) is 0.879. The molecule has 0 bridgehead atoms. The molecule has 0 unspecified atom stereocenters. The summed E-state index contributed by atoms with van der Waals surface area (Å²) in [6, 6.07) is 0.805. The third-order valence-electron chi connectivity index (χ3n) is 5.51. The summed E-state index contributed by atoms with van der Waals surface area (Å²) in [4.78, 5) is 15.2. The van der Waals surface area contributed by atoms with Gasteiger partial charge in [0.1, 0.15) is 6.33 Å². The number of likely N-dealkylation sites (tertiary alicyclic amines) is 1. The maximum atomic E-state index is 12.7. The highest BCUT2D eigenvalue weighted by molar-refractivity contribution is 5.79. The predicted octanol–water partition coefficient (Wildman–Crippen LogP) is 1.93. The Kier molecular flexibility index (Phi) is 6.06. The normalized spacial score (nSPS) is 22.2. The fourth-order valence-electron chi connectivity index (χ4n) is 3.93. The summed E-state index contributed by atoms with van der Waals surface area (Å²) in [5.41, 5.74) is 0. The molecule has 2 aliphatic heterocycles. The third kappa shape index (κ3) is 4.39. The maximum Gasteiger partial charge on any atom is 0.223 e. The lowest BCUT2D eigenvalue weighted by atomic mass is 9.93. The Morgan fingerprint density at radius 2 is 1.88 bits per heavy atom. The molecule has 1 atom stereocenters. The predicted molar refractivity (Wildman–Crippen MR) is 95.1 cm³/mol. The zero-order valence-electron chi connectivity index (χ0n) is 15.6. The van der Waals surface area contributed by atoms with Gasteiger partial charge in [0.05, 0.1) is 6.04 Å². The zero-order valence-corrected chi connectivity index (χ0v) is 15.6. The number of nitrogens with one attached hydrogen (secondary N) is 1. The Hall–Kier alpha value is -1.47. The molecule has 3 rings (SSSR count). The van der Waals surface area contributed by atoms with Crippen LogP contribution in [0.3, 0.4) is 0 Å². The molecule has 140 valence electrons. The molecule has 2 aliphatic rings. The molecule has 0 spiro atoms. The first-order valence-corrected chi connectivity index (χ1v) is 9.58. The van der Waals surface area contributed by atoms with Gasteiger partial charge in [-0.1, -0.05) is 0 Å². The minimum absolute atomic E-state index is 0.106. The second-order valence-corrected chi connectivity index (χ2v) is 7.57. The van der Waals surface area contributed by atoms with Crippen molar-refractivity contribution in [2.45, 2.75) is 64.6 Å². The number of hydrogen-bond donors (Lipinski definition) is 1. The molecule has 3 heterocycles. The Labute approximate surface area is 150 Å². The number of carbonyl (C=O) groups is 1. The molecule has 1 aromatic heterocycles. The lowest BCUT2D eigenvalue weighted by molar-refractivity contribution is -0.127. The zero-order chi connectivity index (χ0) is 17.8. The second-order valence-electron chi connectivity index (χ2n) is 7.57. The Morgan fingerprint density at radius 3 is 2.52 bits per heavy atom. The number of hydrogen-bond acceptors (Lipinski definition) is 5. The van der Waals surface area contributed by atoms with Crippen LogP contribution in [0.4, 0.5) is 0 Å². The highest BCUT2D eigenvalue weighted by Crippen LogP contribution is 2.24. The molecule has 7 nitrogen and oxygen atoms in total. The van der Waals surface area contributed by atoms with Crippen molar-refractivity contribution < 1.29 is 9.53 Å². The number of ether oxygens (including phenoxy) is 1. The number of piperidine rings is 1. The molecular weight excluding hydrogens is 318 g/mol. The average molecular weight is 349 g/mol. The summed E-state index contributed by atoms with van der Waals surface area (Å²) in [7, 11) is 0. The van der Waals surface area contributed by atoms with Crippen LogP contribution >= 0.6 is 0 Å². The molecule has 0 aromatic carbocycles. The minimum Gasteiger partial charge on any atom is -0.381 e. The number of carbonyl (C=O) groups excluding carboxylic acids is 1. The lowest BCUT2D eigenvalue weighted by Crippen LogP contribution is -2.47. The van der Waals surface area contributed by atoms with E-state index in [-0.39, 0.29) is 23.9 Å². The first-order valence-electron chi connectivity index (χ1n) is 9.58.